The summed E-state index contributed by atoms with van der Waals surface area (Å²) in [6, 6.07) is 0. The Morgan fingerprint density at radius 3 is 0.923 bits per heavy atom. The van der Waals surface area contributed by atoms with Gasteiger partial charge in [0, 0.05) is 0 Å². The van der Waals surface area contributed by atoms with E-state index in [1.54, 1.807) is 0 Å². The molecule has 3 rings (SSSR count). The van der Waals surface area contributed by atoms with Crippen LogP contribution in [0.2, 0.25) is 0 Å². The molecule has 0 aromatic heterocycles. The van der Waals surface area contributed by atoms with Crippen LogP contribution in [0.15, 0.2) is 0 Å². The summed E-state index contributed by atoms with van der Waals surface area (Å²) in [6.45, 7) is 5.97. The second kappa shape index (κ2) is 2.09. The topological polar surface area (TPSA) is 72.2 Å². The maximum absolute atomic E-state index is 3.60. The Hall–Kier alpha value is 0.266. The molecule has 0 radical (unpaired) electrons. The Balaban J connectivity index is 2.13. The van der Waals surface area contributed by atoms with Crippen molar-refractivity contribution in [2.45, 2.75) is 0 Å². The van der Waals surface area contributed by atoms with Crippen molar-refractivity contribution in [1.29, 1.82) is 0 Å². The van der Waals surface area contributed by atoms with Gasteiger partial charge < -0.3 is 0 Å². The van der Waals surface area contributed by atoms with Gasteiger partial charge in [-0.15, -0.1) is 0 Å². The third kappa shape index (κ3) is 0.839. The Labute approximate surface area is 77.8 Å². The molecule has 0 unspecified atom stereocenters. The van der Waals surface area contributed by atoms with E-state index in [0.29, 0.717) is 0 Å². The van der Waals surface area contributed by atoms with E-state index in [0.717, 1.165) is 39.3 Å². The molecular weight excluding hydrogens is 215 g/mol. The van der Waals surface area contributed by atoms with Crippen LogP contribution in [0.4, 0.5) is 0 Å². The molecule has 0 aromatic rings. The summed E-state index contributed by atoms with van der Waals surface area (Å²) in [5.74, 6) is 0. The van der Waals surface area contributed by atoms with Gasteiger partial charge >= 0.3 is 77.3 Å². The predicted octanol–water partition coefficient (Wildman–Crippen LogP) is -2.72. The van der Waals surface area contributed by atoms with Crippen LogP contribution in [0.1, 0.15) is 0 Å². The minimum absolute atomic E-state index is 0.995. The third-order valence-electron chi connectivity index (χ3n) is 2.64. The van der Waals surface area contributed by atoms with Crippen molar-refractivity contribution in [1.82, 2.24) is 26.2 Å². The van der Waals surface area contributed by atoms with Gasteiger partial charge in [-0.3, -0.25) is 0 Å². The molecule has 0 saturated carbocycles. The average Bonchev–Trinajstić information content (AvgIpc) is 2.82. The van der Waals surface area contributed by atoms with E-state index >= 15 is 0 Å². The first kappa shape index (κ1) is 8.56. The molecule has 0 aliphatic carbocycles. The van der Waals surface area contributed by atoms with Crippen molar-refractivity contribution in [3.63, 3.8) is 0 Å². The fourth-order valence-electron chi connectivity index (χ4n) is 2.13. The van der Waals surface area contributed by atoms with E-state index in [1.165, 1.54) is 0 Å². The summed E-state index contributed by atoms with van der Waals surface area (Å²) in [6.07, 6.45) is 0. The van der Waals surface area contributed by atoms with Crippen molar-refractivity contribution in [2.75, 3.05) is 39.3 Å². The molecule has 3 heterocycles. The average molecular weight is 233 g/mol. The van der Waals surface area contributed by atoms with Crippen LogP contribution in [-0.2, 0) is 11.8 Å². The number of hydrogen-bond acceptors (Lipinski definition) is 6. The van der Waals surface area contributed by atoms with Crippen molar-refractivity contribution >= 4 is 0 Å². The summed E-state index contributed by atoms with van der Waals surface area (Å²) >= 11 is -3.03. The molecule has 3 aliphatic rings. The molecule has 6 nitrogen and oxygen atoms in total. The summed E-state index contributed by atoms with van der Waals surface area (Å²) in [7, 11) is 0. The standard InChI is InChI=1S/3C2H6N2.Co/c3*3-1-2-4;/h3*3-4H,1-2H2;/q3*-2;+6. The molecule has 3 saturated heterocycles. The van der Waals surface area contributed by atoms with E-state index in [-0.39, 0.29) is 0 Å². The summed E-state index contributed by atoms with van der Waals surface area (Å²) in [5, 5.41) is 0. The zero-order valence-corrected chi connectivity index (χ0v) is 8.62. The van der Waals surface area contributed by atoms with Crippen molar-refractivity contribution in [3.8, 4) is 0 Å². The van der Waals surface area contributed by atoms with Gasteiger partial charge in [-0.05, 0) is 0 Å². The van der Waals surface area contributed by atoms with Gasteiger partial charge in [0.05, 0.1) is 0 Å². The van der Waals surface area contributed by atoms with Crippen LogP contribution in [-0.4, -0.2) is 39.3 Å². The fraction of sp³-hybridized carbons (Fsp3) is 1.00. The molecule has 81 valence electrons. The van der Waals surface area contributed by atoms with Gasteiger partial charge in [-0.2, -0.15) is 0 Å². The van der Waals surface area contributed by atoms with Crippen LogP contribution < -0.4 is 26.2 Å². The number of rotatable bonds is 0. The molecule has 3 aliphatic heterocycles. The van der Waals surface area contributed by atoms with E-state index in [2.05, 4.69) is 26.2 Å². The fourth-order valence-corrected chi connectivity index (χ4v) is 8.76. The molecule has 1 spiro atoms. The maximum atomic E-state index is 3.60. The van der Waals surface area contributed by atoms with Gasteiger partial charge in [0.1, 0.15) is 0 Å². The first-order valence-corrected chi connectivity index (χ1v) is 7.74. The molecule has 7 heteroatoms. The van der Waals surface area contributed by atoms with E-state index in [4.69, 9.17) is 0 Å². The number of nitrogens with one attached hydrogen (secondary N) is 6. The summed E-state index contributed by atoms with van der Waals surface area (Å²) < 4.78 is 21.6. The summed E-state index contributed by atoms with van der Waals surface area (Å²) in [4.78, 5) is 0. The molecular formula is C6H18CoN6. The van der Waals surface area contributed by atoms with E-state index < -0.39 is 11.8 Å². The second-order valence-electron chi connectivity index (χ2n) is 3.46. The molecule has 6 N–H and O–H groups in total. The van der Waals surface area contributed by atoms with Gasteiger partial charge in [0.2, 0.25) is 0 Å². The van der Waals surface area contributed by atoms with Gasteiger partial charge in [-0.1, -0.05) is 0 Å². The van der Waals surface area contributed by atoms with Crippen molar-refractivity contribution < 1.29 is 11.8 Å². The number of hydrogen-bond donors (Lipinski definition) is 6. The SMILES string of the molecule is C1C[NH][Co]23([NH]1)([NH]CC[NH]2)[NH]CC[NH]3. The van der Waals surface area contributed by atoms with Crippen LogP contribution in [0.25, 0.3) is 0 Å². The minimum atomic E-state index is -3.03. The Kier molecular flexibility index (Phi) is 1.38. The Bertz CT molecular complexity index is 184. The van der Waals surface area contributed by atoms with E-state index in [1.807, 2.05) is 0 Å². The zero-order chi connectivity index (χ0) is 8.89. The van der Waals surface area contributed by atoms with Gasteiger partial charge in [0.25, 0.3) is 0 Å². The van der Waals surface area contributed by atoms with Crippen LogP contribution in [0, 0.1) is 0 Å². The first-order chi connectivity index (χ1) is 6.23. The van der Waals surface area contributed by atoms with Crippen LogP contribution >= 0.6 is 0 Å². The first-order valence-electron chi connectivity index (χ1n) is 4.62. The molecule has 0 aromatic carbocycles. The molecule has 3 fully saturated rings. The molecule has 0 bridgehead atoms. The summed E-state index contributed by atoms with van der Waals surface area (Å²) in [5.41, 5.74) is 0. The quantitative estimate of drug-likeness (QED) is 0.273. The van der Waals surface area contributed by atoms with Crippen molar-refractivity contribution in [3.05, 3.63) is 0 Å². The Morgan fingerprint density at radius 2 is 0.692 bits per heavy atom. The molecule has 0 atom stereocenters. The van der Waals surface area contributed by atoms with Crippen LogP contribution in [0.5, 0.6) is 0 Å². The van der Waals surface area contributed by atoms with Gasteiger partial charge in [0.15, 0.2) is 0 Å². The zero-order valence-electron chi connectivity index (χ0n) is 7.58. The van der Waals surface area contributed by atoms with E-state index in [9.17, 15) is 0 Å². The third-order valence-corrected chi connectivity index (χ3v) is 9.73. The Morgan fingerprint density at radius 1 is 0.462 bits per heavy atom. The van der Waals surface area contributed by atoms with Crippen molar-refractivity contribution in [2.24, 2.45) is 0 Å². The monoisotopic (exact) mass is 233 g/mol. The normalized spacial score (nSPS) is 44.3. The molecule has 13 heavy (non-hydrogen) atoms. The van der Waals surface area contributed by atoms with Crippen LogP contribution in [0.3, 0.4) is 0 Å². The predicted molar refractivity (Wildman–Crippen MR) is 48.0 cm³/mol. The van der Waals surface area contributed by atoms with Gasteiger partial charge in [-0.25, -0.2) is 0 Å². The second-order valence-corrected chi connectivity index (χ2v) is 9.57. The molecule has 0 amide bonds.